The first-order valence-electron chi connectivity index (χ1n) is 7.00. The smallest absolute Gasteiger partial charge is 0.241 e. The molecule has 21 heavy (non-hydrogen) atoms. The quantitative estimate of drug-likeness (QED) is 0.758. The van der Waals surface area contributed by atoms with E-state index in [1.807, 2.05) is 6.92 Å². The number of nitrogens with zero attached hydrogens (tertiary/aromatic N) is 5. The lowest BCUT2D eigenvalue weighted by molar-refractivity contribution is 0.184. The first kappa shape index (κ1) is 15.2. The zero-order valence-corrected chi connectivity index (χ0v) is 12.6. The second kappa shape index (κ2) is 7.53. The summed E-state index contributed by atoms with van der Waals surface area (Å²) in [5.41, 5.74) is 0. The minimum absolute atomic E-state index is 0.155. The van der Waals surface area contributed by atoms with Crippen LogP contribution in [0.2, 0.25) is 0 Å². The highest BCUT2D eigenvalue weighted by molar-refractivity contribution is 5.38. The van der Waals surface area contributed by atoms with Crippen LogP contribution in [0, 0.1) is 0 Å². The lowest BCUT2D eigenvalue weighted by atomic mass is 10.2. The largest absolute Gasteiger partial charge is 0.383 e. The topological polar surface area (TPSA) is 89.8 Å². The van der Waals surface area contributed by atoms with Crippen LogP contribution in [-0.4, -0.2) is 50.8 Å². The maximum atomic E-state index is 5.18. The molecule has 2 rings (SSSR count). The van der Waals surface area contributed by atoms with E-state index in [2.05, 4.69) is 37.5 Å². The number of rotatable bonds is 8. The molecule has 1 atom stereocenters. The molecule has 114 valence electrons. The summed E-state index contributed by atoms with van der Waals surface area (Å²) in [5, 5.41) is 6.38. The average Bonchev–Trinajstić information content (AvgIpc) is 3.01. The zero-order chi connectivity index (χ0) is 15.1. The monoisotopic (exact) mass is 291 g/mol. The van der Waals surface area contributed by atoms with Crippen LogP contribution in [0.3, 0.4) is 0 Å². The van der Waals surface area contributed by atoms with Crippen LogP contribution >= 0.6 is 0 Å². The van der Waals surface area contributed by atoms with Gasteiger partial charge in [0.25, 0.3) is 0 Å². The Morgan fingerprint density at radius 3 is 2.67 bits per heavy atom. The summed E-state index contributed by atoms with van der Waals surface area (Å²) in [7, 11) is 1.68. The summed E-state index contributed by atoms with van der Waals surface area (Å²) in [6.45, 7) is 5.41. The van der Waals surface area contributed by atoms with Gasteiger partial charge in [0.1, 0.15) is 6.33 Å². The normalized spacial score (nSPS) is 12.1. The van der Waals surface area contributed by atoms with Gasteiger partial charge < -0.3 is 15.4 Å². The third-order valence-electron chi connectivity index (χ3n) is 2.89. The van der Waals surface area contributed by atoms with Crippen molar-refractivity contribution in [2.75, 3.05) is 30.9 Å². The first-order valence-corrected chi connectivity index (χ1v) is 7.00. The van der Waals surface area contributed by atoms with E-state index in [1.165, 1.54) is 0 Å². The third kappa shape index (κ3) is 4.12. The number of aromatic nitrogens is 5. The molecule has 0 bridgehead atoms. The predicted octanol–water partition coefficient (Wildman–Crippen LogP) is 1.33. The Morgan fingerprint density at radius 1 is 1.24 bits per heavy atom. The van der Waals surface area contributed by atoms with E-state index in [0.717, 1.165) is 13.0 Å². The molecule has 0 fully saturated rings. The molecule has 8 heteroatoms. The van der Waals surface area contributed by atoms with Gasteiger partial charge in [0.2, 0.25) is 17.8 Å². The summed E-state index contributed by atoms with van der Waals surface area (Å²) in [5.74, 6) is 1.58. The van der Waals surface area contributed by atoms with E-state index in [0.29, 0.717) is 24.5 Å². The summed E-state index contributed by atoms with van der Waals surface area (Å²) >= 11 is 0. The minimum atomic E-state index is 0.155. The van der Waals surface area contributed by atoms with Crippen molar-refractivity contribution in [1.82, 2.24) is 24.5 Å². The number of hydrogen-bond donors (Lipinski definition) is 2. The standard InChI is InChI=1S/C13H21N7O/c1-4-10(8-21-3)16-12-17-11(15-5-2)18-13(19-12)20-7-6-14-9-20/h6-7,9-10H,4-5,8H2,1-3H3,(H2,15,16,17,18,19). The van der Waals surface area contributed by atoms with Crippen LogP contribution in [-0.2, 0) is 4.74 Å². The molecular formula is C13H21N7O. The number of nitrogens with one attached hydrogen (secondary N) is 2. The molecule has 2 N–H and O–H groups in total. The van der Waals surface area contributed by atoms with Crippen molar-refractivity contribution in [3.8, 4) is 5.95 Å². The molecule has 0 aliphatic carbocycles. The number of hydrogen-bond acceptors (Lipinski definition) is 7. The lowest BCUT2D eigenvalue weighted by Gasteiger charge is -2.16. The third-order valence-corrected chi connectivity index (χ3v) is 2.89. The molecule has 0 aliphatic rings. The van der Waals surface area contributed by atoms with Gasteiger partial charge in [0, 0.05) is 26.0 Å². The Balaban J connectivity index is 2.27. The maximum Gasteiger partial charge on any atom is 0.241 e. The van der Waals surface area contributed by atoms with E-state index in [9.17, 15) is 0 Å². The van der Waals surface area contributed by atoms with Gasteiger partial charge in [-0.2, -0.15) is 15.0 Å². The minimum Gasteiger partial charge on any atom is -0.383 e. The van der Waals surface area contributed by atoms with Crippen molar-refractivity contribution in [2.24, 2.45) is 0 Å². The predicted molar refractivity (Wildman–Crippen MR) is 80.7 cm³/mol. The average molecular weight is 291 g/mol. The Kier molecular flexibility index (Phi) is 5.44. The highest BCUT2D eigenvalue weighted by atomic mass is 16.5. The number of imidazole rings is 1. The second-order valence-electron chi connectivity index (χ2n) is 4.49. The molecular weight excluding hydrogens is 270 g/mol. The molecule has 8 nitrogen and oxygen atoms in total. The molecule has 0 radical (unpaired) electrons. The fourth-order valence-corrected chi connectivity index (χ4v) is 1.80. The van der Waals surface area contributed by atoms with Crippen molar-refractivity contribution >= 4 is 11.9 Å². The van der Waals surface area contributed by atoms with Crippen LogP contribution in [0.4, 0.5) is 11.9 Å². The van der Waals surface area contributed by atoms with Gasteiger partial charge >= 0.3 is 0 Å². The fourth-order valence-electron chi connectivity index (χ4n) is 1.80. The van der Waals surface area contributed by atoms with E-state index in [-0.39, 0.29) is 6.04 Å². The highest BCUT2D eigenvalue weighted by Gasteiger charge is 2.11. The van der Waals surface area contributed by atoms with Gasteiger partial charge in [-0.3, -0.25) is 4.57 Å². The molecule has 1 unspecified atom stereocenters. The molecule has 0 saturated heterocycles. The van der Waals surface area contributed by atoms with Crippen molar-refractivity contribution in [1.29, 1.82) is 0 Å². The molecule has 2 heterocycles. The maximum absolute atomic E-state index is 5.18. The van der Waals surface area contributed by atoms with Gasteiger partial charge in [0.05, 0.1) is 12.6 Å². The van der Waals surface area contributed by atoms with Gasteiger partial charge in [-0.15, -0.1) is 0 Å². The fraction of sp³-hybridized carbons (Fsp3) is 0.538. The van der Waals surface area contributed by atoms with Crippen molar-refractivity contribution < 1.29 is 4.74 Å². The summed E-state index contributed by atoms with van der Waals surface area (Å²) in [4.78, 5) is 17.2. The van der Waals surface area contributed by atoms with Crippen LogP contribution in [0.15, 0.2) is 18.7 Å². The molecule has 0 amide bonds. The van der Waals surface area contributed by atoms with Crippen LogP contribution in [0.25, 0.3) is 5.95 Å². The van der Waals surface area contributed by atoms with Gasteiger partial charge in [-0.1, -0.05) is 6.92 Å². The van der Waals surface area contributed by atoms with Crippen molar-refractivity contribution in [3.05, 3.63) is 18.7 Å². The van der Waals surface area contributed by atoms with Crippen molar-refractivity contribution in [3.63, 3.8) is 0 Å². The van der Waals surface area contributed by atoms with E-state index in [1.54, 1.807) is 30.4 Å². The molecule has 0 spiro atoms. The highest BCUT2D eigenvalue weighted by Crippen LogP contribution is 2.11. The Hall–Kier alpha value is -2.22. The van der Waals surface area contributed by atoms with Gasteiger partial charge in [0.15, 0.2) is 0 Å². The van der Waals surface area contributed by atoms with E-state index in [4.69, 9.17) is 4.74 Å². The van der Waals surface area contributed by atoms with E-state index >= 15 is 0 Å². The summed E-state index contributed by atoms with van der Waals surface area (Å²) < 4.78 is 6.92. The summed E-state index contributed by atoms with van der Waals surface area (Å²) in [6.07, 6.45) is 6.04. The Labute approximate surface area is 124 Å². The van der Waals surface area contributed by atoms with Gasteiger partial charge in [-0.25, -0.2) is 4.98 Å². The van der Waals surface area contributed by atoms with Crippen LogP contribution in [0.1, 0.15) is 20.3 Å². The first-order chi connectivity index (χ1) is 10.3. The Morgan fingerprint density at radius 2 is 2.05 bits per heavy atom. The molecule has 0 saturated carbocycles. The number of methoxy groups -OCH3 is 1. The lowest BCUT2D eigenvalue weighted by Crippen LogP contribution is -2.26. The number of anilines is 2. The van der Waals surface area contributed by atoms with Crippen LogP contribution in [0.5, 0.6) is 0 Å². The molecule has 2 aromatic heterocycles. The number of ether oxygens (including phenoxy) is 1. The molecule has 0 aromatic carbocycles. The van der Waals surface area contributed by atoms with E-state index < -0.39 is 0 Å². The summed E-state index contributed by atoms with van der Waals surface area (Å²) in [6, 6.07) is 0.155. The Bertz CT molecular complexity index is 543. The van der Waals surface area contributed by atoms with Gasteiger partial charge in [-0.05, 0) is 13.3 Å². The second-order valence-corrected chi connectivity index (χ2v) is 4.49. The zero-order valence-electron chi connectivity index (χ0n) is 12.6. The molecule has 2 aromatic rings. The van der Waals surface area contributed by atoms with Crippen LogP contribution < -0.4 is 10.6 Å². The van der Waals surface area contributed by atoms with Crippen molar-refractivity contribution in [2.45, 2.75) is 26.3 Å². The SMILES string of the molecule is CCNc1nc(NC(CC)COC)nc(-n2ccnc2)n1. The molecule has 0 aliphatic heterocycles.